The van der Waals surface area contributed by atoms with Crippen LogP contribution in [0.4, 0.5) is 5.69 Å². The van der Waals surface area contributed by atoms with Gasteiger partial charge in [-0.2, -0.15) is 0 Å². The second-order valence-electron chi connectivity index (χ2n) is 6.17. The SMILES string of the molecule is Cc1cc(C)c(S(=O)(=O)Nc2ccc3c(c2)CCC3)c(C)c1. The monoisotopic (exact) mass is 315 g/mol. The molecule has 0 aromatic heterocycles. The summed E-state index contributed by atoms with van der Waals surface area (Å²) >= 11 is 0. The molecule has 0 heterocycles. The Labute approximate surface area is 132 Å². The van der Waals surface area contributed by atoms with Crippen LogP contribution >= 0.6 is 0 Å². The second-order valence-corrected chi connectivity index (χ2v) is 7.79. The van der Waals surface area contributed by atoms with Gasteiger partial charge >= 0.3 is 0 Å². The number of fused-ring (bicyclic) bond motifs is 1. The summed E-state index contributed by atoms with van der Waals surface area (Å²) in [4.78, 5) is 0.388. The fourth-order valence-electron chi connectivity index (χ4n) is 3.43. The van der Waals surface area contributed by atoms with Crippen LogP contribution in [-0.4, -0.2) is 8.42 Å². The highest BCUT2D eigenvalue weighted by atomic mass is 32.2. The lowest BCUT2D eigenvalue weighted by atomic mass is 10.1. The highest BCUT2D eigenvalue weighted by Crippen LogP contribution is 2.28. The lowest BCUT2D eigenvalue weighted by molar-refractivity contribution is 0.600. The Bertz CT molecular complexity index is 815. The zero-order valence-corrected chi connectivity index (χ0v) is 14.0. The van der Waals surface area contributed by atoms with Gasteiger partial charge in [0.15, 0.2) is 0 Å². The smallest absolute Gasteiger partial charge is 0.262 e. The molecular formula is C18H21NO2S. The molecule has 0 radical (unpaired) electrons. The number of nitrogens with one attached hydrogen (secondary N) is 1. The third-order valence-electron chi connectivity index (χ3n) is 4.22. The molecule has 116 valence electrons. The maximum absolute atomic E-state index is 12.7. The zero-order chi connectivity index (χ0) is 15.9. The molecule has 0 fully saturated rings. The summed E-state index contributed by atoms with van der Waals surface area (Å²) in [6, 6.07) is 9.68. The van der Waals surface area contributed by atoms with Crippen LogP contribution in [0.3, 0.4) is 0 Å². The van der Waals surface area contributed by atoms with Gasteiger partial charge in [-0.05, 0) is 74.4 Å². The molecule has 1 aliphatic rings. The van der Waals surface area contributed by atoms with Crippen molar-refractivity contribution in [3.63, 3.8) is 0 Å². The molecule has 1 aliphatic carbocycles. The zero-order valence-electron chi connectivity index (χ0n) is 13.2. The molecule has 1 N–H and O–H groups in total. The number of rotatable bonds is 3. The summed E-state index contributed by atoms with van der Waals surface area (Å²) in [6.07, 6.45) is 3.29. The van der Waals surface area contributed by atoms with Crippen molar-refractivity contribution in [2.24, 2.45) is 0 Å². The Morgan fingerprint density at radius 3 is 2.23 bits per heavy atom. The van der Waals surface area contributed by atoms with Crippen molar-refractivity contribution < 1.29 is 8.42 Å². The lowest BCUT2D eigenvalue weighted by Crippen LogP contribution is -2.16. The molecule has 2 aromatic carbocycles. The van der Waals surface area contributed by atoms with E-state index in [1.807, 2.05) is 51.1 Å². The molecule has 0 spiro atoms. The van der Waals surface area contributed by atoms with Crippen LogP contribution < -0.4 is 4.72 Å². The van der Waals surface area contributed by atoms with Gasteiger partial charge in [-0.3, -0.25) is 4.72 Å². The van der Waals surface area contributed by atoms with E-state index in [2.05, 4.69) is 4.72 Å². The predicted molar refractivity (Wildman–Crippen MR) is 89.9 cm³/mol. The van der Waals surface area contributed by atoms with Crippen LogP contribution in [0, 0.1) is 20.8 Å². The van der Waals surface area contributed by atoms with E-state index in [0.717, 1.165) is 36.0 Å². The largest absolute Gasteiger partial charge is 0.280 e. The highest BCUT2D eigenvalue weighted by molar-refractivity contribution is 7.92. The molecule has 0 saturated heterocycles. The summed E-state index contributed by atoms with van der Waals surface area (Å²) in [5, 5.41) is 0. The predicted octanol–water partition coefficient (Wildman–Crippen LogP) is 3.90. The molecule has 0 unspecified atom stereocenters. The van der Waals surface area contributed by atoms with Crippen LogP contribution in [0.2, 0.25) is 0 Å². The molecule has 4 heteroatoms. The van der Waals surface area contributed by atoms with Crippen molar-refractivity contribution in [3.8, 4) is 0 Å². The Morgan fingerprint density at radius 1 is 0.909 bits per heavy atom. The minimum absolute atomic E-state index is 0.388. The van der Waals surface area contributed by atoms with E-state index in [1.54, 1.807) is 0 Å². The van der Waals surface area contributed by atoms with Gasteiger partial charge in [0.25, 0.3) is 10.0 Å². The van der Waals surface area contributed by atoms with Crippen LogP contribution in [0.15, 0.2) is 35.2 Å². The van der Waals surface area contributed by atoms with E-state index in [1.165, 1.54) is 11.1 Å². The molecule has 0 aliphatic heterocycles. The average Bonchev–Trinajstić information content (AvgIpc) is 2.83. The first-order valence-corrected chi connectivity index (χ1v) is 9.07. The summed E-state index contributed by atoms with van der Waals surface area (Å²) in [5.41, 5.74) is 5.90. The van der Waals surface area contributed by atoms with Crippen molar-refractivity contribution >= 4 is 15.7 Å². The topological polar surface area (TPSA) is 46.2 Å². The fourth-order valence-corrected chi connectivity index (χ4v) is 4.94. The maximum Gasteiger partial charge on any atom is 0.262 e. The van der Waals surface area contributed by atoms with E-state index in [0.29, 0.717) is 10.6 Å². The Morgan fingerprint density at radius 2 is 1.55 bits per heavy atom. The van der Waals surface area contributed by atoms with Gasteiger partial charge in [0.2, 0.25) is 0 Å². The van der Waals surface area contributed by atoms with Crippen LogP contribution in [0.5, 0.6) is 0 Å². The summed E-state index contributed by atoms with van der Waals surface area (Å²) in [7, 11) is -3.56. The molecule has 3 rings (SSSR count). The molecule has 0 bridgehead atoms. The van der Waals surface area contributed by atoms with Crippen molar-refractivity contribution in [2.75, 3.05) is 4.72 Å². The van der Waals surface area contributed by atoms with Crippen molar-refractivity contribution in [2.45, 2.75) is 44.9 Å². The number of hydrogen-bond acceptors (Lipinski definition) is 2. The fraction of sp³-hybridized carbons (Fsp3) is 0.333. The van der Waals surface area contributed by atoms with Gasteiger partial charge in [-0.15, -0.1) is 0 Å². The first-order valence-electron chi connectivity index (χ1n) is 7.59. The molecule has 0 amide bonds. The summed E-state index contributed by atoms with van der Waals surface area (Å²) in [5.74, 6) is 0. The second kappa shape index (κ2) is 5.43. The molecule has 22 heavy (non-hydrogen) atoms. The van der Waals surface area contributed by atoms with E-state index >= 15 is 0 Å². The molecule has 0 atom stereocenters. The van der Waals surface area contributed by atoms with Crippen molar-refractivity contribution in [3.05, 3.63) is 58.1 Å². The van der Waals surface area contributed by atoms with E-state index in [9.17, 15) is 8.42 Å². The van der Waals surface area contributed by atoms with E-state index < -0.39 is 10.0 Å². The van der Waals surface area contributed by atoms with Gasteiger partial charge in [0.1, 0.15) is 0 Å². The molecule has 2 aromatic rings. The number of benzene rings is 2. The highest BCUT2D eigenvalue weighted by Gasteiger charge is 2.21. The quantitative estimate of drug-likeness (QED) is 0.933. The Hall–Kier alpha value is -1.81. The Kier molecular flexibility index (Phi) is 3.73. The van der Waals surface area contributed by atoms with E-state index in [-0.39, 0.29) is 0 Å². The molecule has 0 saturated carbocycles. The minimum atomic E-state index is -3.56. The van der Waals surface area contributed by atoms with Gasteiger partial charge in [-0.1, -0.05) is 23.8 Å². The molecular weight excluding hydrogens is 294 g/mol. The van der Waals surface area contributed by atoms with Crippen LogP contribution in [0.1, 0.15) is 34.2 Å². The van der Waals surface area contributed by atoms with Crippen molar-refractivity contribution in [1.82, 2.24) is 0 Å². The lowest BCUT2D eigenvalue weighted by Gasteiger charge is -2.14. The minimum Gasteiger partial charge on any atom is -0.280 e. The number of hydrogen-bond donors (Lipinski definition) is 1. The number of aryl methyl sites for hydroxylation is 5. The third kappa shape index (κ3) is 2.75. The number of sulfonamides is 1. The first-order chi connectivity index (χ1) is 10.4. The van der Waals surface area contributed by atoms with Crippen molar-refractivity contribution in [1.29, 1.82) is 0 Å². The number of anilines is 1. The Balaban J connectivity index is 1.98. The van der Waals surface area contributed by atoms with Gasteiger partial charge < -0.3 is 0 Å². The standard InChI is InChI=1S/C18H21NO2S/c1-12-9-13(2)18(14(3)10-12)22(20,21)19-17-8-7-15-5-4-6-16(15)11-17/h7-11,19H,4-6H2,1-3H3. The molecule has 3 nitrogen and oxygen atoms in total. The van der Waals surface area contributed by atoms with Gasteiger partial charge in [0, 0.05) is 5.69 Å². The van der Waals surface area contributed by atoms with Gasteiger partial charge in [-0.25, -0.2) is 8.42 Å². The first kappa shape index (κ1) is 15.1. The van der Waals surface area contributed by atoms with Gasteiger partial charge in [0.05, 0.1) is 4.90 Å². The summed E-state index contributed by atoms with van der Waals surface area (Å²) < 4.78 is 28.2. The van der Waals surface area contributed by atoms with Crippen LogP contribution in [-0.2, 0) is 22.9 Å². The average molecular weight is 315 g/mol. The third-order valence-corrected chi connectivity index (χ3v) is 5.91. The maximum atomic E-state index is 12.7. The summed E-state index contributed by atoms with van der Waals surface area (Å²) in [6.45, 7) is 5.67. The van der Waals surface area contributed by atoms with E-state index in [4.69, 9.17) is 0 Å². The van der Waals surface area contributed by atoms with Crippen LogP contribution in [0.25, 0.3) is 0 Å². The normalized spacial score (nSPS) is 14.0.